The summed E-state index contributed by atoms with van der Waals surface area (Å²) in [6.45, 7) is 9.19. The molecule has 1 unspecified atom stereocenters. The summed E-state index contributed by atoms with van der Waals surface area (Å²) in [5, 5.41) is 3.03. The molecule has 6 nitrogen and oxygen atoms in total. The summed E-state index contributed by atoms with van der Waals surface area (Å²) >= 11 is 0. The van der Waals surface area contributed by atoms with Crippen molar-refractivity contribution in [3.05, 3.63) is 59.2 Å². The van der Waals surface area contributed by atoms with Crippen molar-refractivity contribution < 1.29 is 14.3 Å². The number of rotatable bonds is 7. The Kier molecular flexibility index (Phi) is 7.00. The monoisotopic (exact) mass is 435 g/mol. The first kappa shape index (κ1) is 22.2. The second-order valence-corrected chi connectivity index (χ2v) is 8.53. The third kappa shape index (κ3) is 5.25. The van der Waals surface area contributed by atoms with Crippen LogP contribution in [0.1, 0.15) is 30.5 Å². The van der Waals surface area contributed by atoms with Gasteiger partial charge in [0.25, 0.3) is 0 Å². The van der Waals surface area contributed by atoms with Crippen LogP contribution in [0.25, 0.3) is 6.08 Å². The molecular formula is C26H33N3O3. The zero-order chi connectivity index (χ0) is 22.5. The molecule has 0 bridgehead atoms. The number of anilines is 1. The van der Waals surface area contributed by atoms with Crippen molar-refractivity contribution in [3.63, 3.8) is 0 Å². The maximum atomic E-state index is 12.6. The van der Waals surface area contributed by atoms with Crippen molar-refractivity contribution in [2.75, 3.05) is 44.7 Å². The predicted molar refractivity (Wildman–Crippen MR) is 128 cm³/mol. The Morgan fingerprint density at radius 1 is 1.22 bits per heavy atom. The van der Waals surface area contributed by atoms with Crippen LogP contribution in [0, 0.1) is 0 Å². The highest BCUT2D eigenvalue weighted by Gasteiger charge is 2.21. The van der Waals surface area contributed by atoms with Crippen LogP contribution < -0.4 is 19.7 Å². The fourth-order valence-corrected chi connectivity index (χ4v) is 4.29. The van der Waals surface area contributed by atoms with Gasteiger partial charge in [-0.2, -0.15) is 0 Å². The van der Waals surface area contributed by atoms with Crippen LogP contribution in [0.2, 0.25) is 0 Å². The molecule has 1 atom stereocenters. The van der Waals surface area contributed by atoms with Gasteiger partial charge in [-0.3, -0.25) is 4.79 Å². The molecule has 1 N–H and O–H groups in total. The van der Waals surface area contributed by atoms with Crippen LogP contribution in [0.15, 0.2) is 42.5 Å². The minimum absolute atomic E-state index is 0.129. The molecule has 2 aliphatic rings. The van der Waals surface area contributed by atoms with Crippen LogP contribution in [-0.4, -0.2) is 56.7 Å². The topological polar surface area (TPSA) is 54.0 Å². The Morgan fingerprint density at radius 2 is 2.00 bits per heavy atom. The number of hydrogen-bond donors (Lipinski definition) is 1. The van der Waals surface area contributed by atoms with Gasteiger partial charge in [-0.1, -0.05) is 18.2 Å². The van der Waals surface area contributed by atoms with E-state index >= 15 is 0 Å². The number of carbonyl (C=O) groups excluding carboxylic acids is 1. The molecule has 0 aliphatic carbocycles. The zero-order valence-electron chi connectivity index (χ0n) is 19.3. The van der Waals surface area contributed by atoms with E-state index in [0.29, 0.717) is 13.2 Å². The molecule has 170 valence electrons. The molecule has 6 heteroatoms. The molecule has 0 saturated carbocycles. The lowest BCUT2D eigenvalue weighted by Crippen LogP contribution is -2.45. The molecule has 2 aromatic carbocycles. The Morgan fingerprint density at radius 3 is 2.78 bits per heavy atom. The van der Waals surface area contributed by atoms with Gasteiger partial charge in [-0.15, -0.1) is 0 Å². The summed E-state index contributed by atoms with van der Waals surface area (Å²) in [5.41, 5.74) is 4.35. The zero-order valence-corrected chi connectivity index (χ0v) is 19.3. The second kappa shape index (κ2) is 10.1. The normalized spacial score (nSPS) is 18.5. The minimum atomic E-state index is -0.129. The first-order valence-electron chi connectivity index (χ1n) is 11.5. The lowest BCUT2D eigenvalue weighted by Gasteiger charge is -2.35. The highest BCUT2D eigenvalue weighted by atomic mass is 16.5. The molecule has 1 fully saturated rings. The number of para-hydroxylation sites is 1. The third-order valence-electron chi connectivity index (χ3n) is 6.03. The quantitative estimate of drug-likeness (QED) is 0.675. The second-order valence-electron chi connectivity index (χ2n) is 8.53. The van der Waals surface area contributed by atoms with Gasteiger partial charge >= 0.3 is 0 Å². The van der Waals surface area contributed by atoms with Crippen LogP contribution in [0.4, 0.5) is 5.69 Å². The standard InChI is InChI=1S/C26H33N3O3/c1-4-31-24-17-22-15-19(2)32-25(22)16-20(24)9-10-26(30)27-18-21-7-5-6-8-23(21)29-13-11-28(3)12-14-29/h5-10,16-17,19H,4,11-15,18H2,1-3H3,(H,27,30)/b10-9+. The fraction of sp³-hybridized carbons (Fsp3) is 0.423. The number of benzene rings is 2. The molecule has 2 aliphatic heterocycles. The summed E-state index contributed by atoms with van der Waals surface area (Å²) in [4.78, 5) is 17.3. The average Bonchev–Trinajstić information content (AvgIpc) is 3.16. The Hall–Kier alpha value is -2.99. The fourth-order valence-electron chi connectivity index (χ4n) is 4.29. The number of nitrogens with zero attached hydrogens (tertiary/aromatic N) is 2. The van der Waals surface area contributed by atoms with E-state index in [9.17, 15) is 4.79 Å². The van der Waals surface area contributed by atoms with Crippen molar-refractivity contribution in [1.82, 2.24) is 10.2 Å². The number of fused-ring (bicyclic) bond motifs is 1. The number of hydrogen-bond acceptors (Lipinski definition) is 5. The maximum Gasteiger partial charge on any atom is 0.244 e. The highest BCUT2D eigenvalue weighted by molar-refractivity contribution is 5.92. The Labute approximate surface area is 190 Å². The third-order valence-corrected chi connectivity index (χ3v) is 6.03. The van der Waals surface area contributed by atoms with E-state index in [1.165, 1.54) is 5.69 Å². The van der Waals surface area contributed by atoms with Gasteiger partial charge in [0.05, 0.1) is 6.61 Å². The van der Waals surface area contributed by atoms with Crippen LogP contribution >= 0.6 is 0 Å². The van der Waals surface area contributed by atoms with Gasteiger partial charge in [0.2, 0.25) is 5.91 Å². The molecular weight excluding hydrogens is 402 g/mol. The number of amides is 1. The van der Waals surface area contributed by atoms with Gasteiger partial charge in [0.15, 0.2) is 0 Å². The molecule has 0 radical (unpaired) electrons. The molecule has 2 aromatic rings. The number of nitrogens with one attached hydrogen (secondary N) is 1. The van der Waals surface area contributed by atoms with Crippen molar-refractivity contribution in [2.24, 2.45) is 0 Å². The summed E-state index contributed by atoms with van der Waals surface area (Å²) < 4.78 is 11.7. The van der Waals surface area contributed by atoms with E-state index in [1.54, 1.807) is 12.2 Å². The molecule has 4 rings (SSSR count). The van der Waals surface area contributed by atoms with E-state index < -0.39 is 0 Å². The van der Waals surface area contributed by atoms with Gasteiger partial charge in [0.1, 0.15) is 17.6 Å². The van der Waals surface area contributed by atoms with E-state index in [4.69, 9.17) is 9.47 Å². The summed E-state index contributed by atoms with van der Waals surface area (Å²) in [7, 11) is 2.15. The van der Waals surface area contributed by atoms with Crippen molar-refractivity contribution in [3.8, 4) is 11.5 Å². The Balaban J connectivity index is 1.42. The van der Waals surface area contributed by atoms with Gasteiger partial charge in [-0.05, 0) is 50.7 Å². The molecule has 0 aromatic heterocycles. The molecule has 2 heterocycles. The number of piperazine rings is 1. The van der Waals surface area contributed by atoms with Gasteiger partial charge in [-0.25, -0.2) is 0 Å². The lowest BCUT2D eigenvalue weighted by molar-refractivity contribution is -0.116. The number of likely N-dealkylation sites (N-methyl/N-ethyl adjacent to an activating group) is 1. The SMILES string of the molecule is CCOc1cc2c(cc1/C=C/C(=O)NCc1ccccc1N1CCN(C)CC1)OC(C)C2. The van der Waals surface area contributed by atoms with Gasteiger partial charge < -0.3 is 24.6 Å². The first-order chi connectivity index (χ1) is 15.5. The summed E-state index contributed by atoms with van der Waals surface area (Å²) in [6.07, 6.45) is 4.43. The van der Waals surface area contributed by atoms with Crippen molar-refractivity contribution in [1.29, 1.82) is 0 Å². The van der Waals surface area contributed by atoms with E-state index in [1.807, 2.05) is 25.1 Å². The first-order valence-corrected chi connectivity index (χ1v) is 11.5. The van der Waals surface area contributed by atoms with E-state index in [-0.39, 0.29) is 12.0 Å². The maximum absolute atomic E-state index is 12.6. The number of ether oxygens (including phenoxy) is 2. The largest absolute Gasteiger partial charge is 0.493 e. The molecule has 1 saturated heterocycles. The number of carbonyl (C=O) groups is 1. The van der Waals surface area contributed by atoms with Crippen LogP contribution in [0.3, 0.4) is 0 Å². The molecule has 1 amide bonds. The van der Waals surface area contributed by atoms with Crippen LogP contribution in [-0.2, 0) is 17.8 Å². The smallest absolute Gasteiger partial charge is 0.244 e. The molecule has 0 spiro atoms. The molecule has 32 heavy (non-hydrogen) atoms. The summed E-state index contributed by atoms with van der Waals surface area (Å²) in [5.74, 6) is 1.53. The Bertz CT molecular complexity index is 980. The predicted octanol–water partition coefficient (Wildman–Crippen LogP) is 3.49. The summed E-state index contributed by atoms with van der Waals surface area (Å²) in [6, 6.07) is 12.3. The van der Waals surface area contributed by atoms with E-state index in [0.717, 1.165) is 60.8 Å². The van der Waals surface area contributed by atoms with E-state index in [2.05, 4.69) is 47.3 Å². The van der Waals surface area contributed by atoms with Gasteiger partial charge in [0, 0.05) is 62.0 Å². The van der Waals surface area contributed by atoms with Crippen LogP contribution in [0.5, 0.6) is 11.5 Å². The average molecular weight is 436 g/mol. The van der Waals surface area contributed by atoms with Crippen molar-refractivity contribution >= 4 is 17.7 Å². The highest BCUT2D eigenvalue weighted by Crippen LogP contribution is 2.35. The lowest BCUT2D eigenvalue weighted by atomic mass is 10.1. The van der Waals surface area contributed by atoms with Crippen molar-refractivity contribution in [2.45, 2.75) is 32.9 Å². The minimum Gasteiger partial charge on any atom is -0.493 e.